The van der Waals surface area contributed by atoms with Gasteiger partial charge in [-0.05, 0) is 119 Å². The van der Waals surface area contributed by atoms with Crippen LogP contribution in [-0.4, -0.2) is 14.3 Å². The number of rotatable bonds is 5. The molecular formula is C40H37N3O. The third-order valence-electron chi connectivity index (χ3n) is 8.64. The van der Waals surface area contributed by atoms with E-state index < -0.39 is 0 Å². The quantitative estimate of drug-likeness (QED) is 0.204. The predicted octanol–water partition coefficient (Wildman–Crippen LogP) is 10.6. The molecule has 0 fully saturated rings. The molecule has 4 heteroatoms. The SMILES string of the molecule is Cc1cc(Oc2ccc3c4ccccc4n(-c4cccc(C)c4)c3c2)cc(-n2nc(C)c(-c3c(C)cc(C)cc3C)c2C)c1. The van der Waals surface area contributed by atoms with Crippen molar-refractivity contribution in [3.8, 4) is 34.0 Å². The van der Waals surface area contributed by atoms with Crippen molar-refractivity contribution in [2.75, 3.05) is 0 Å². The summed E-state index contributed by atoms with van der Waals surface area (Å²) in [6.45, 7) is 15.0. The topological polar surface area (TPSA) is 32.0 Å². The van der Waals surface area contributed by atoms with Gasteiger partial charge in [0.15, 0.2) is 0 Å². The lowest BCUT2D eigenvalue weighted by atomic mass is 9.92. The zero-order valence-electron chi connectivity index (χ0n) is 26.5. The van der Waals surface area contributed by atoms with E-state index in [1.54, 1.807) is 0 Å². The fourth-order valence-corrected chi connectivity index (χ4v) is 6.94. The predicted molar refractivity (Wildman–Crippen MR) is 183 cm³/mol. The average molecular weight is 576 g/mol. The van der Waals surface area contributed by atoms with E-state index in [1.165, 1.54) is 49.7 Å². The van der Waals surface area contributed by atoms with E-state index in [-0.39, 0.29) is 0 Å². The molecule has 0 bridgehead atoms. The van der Waals surface area contributed by atoms with Crippen molar-refractivity contribution in [3.05, 3.63) is 136 Å². The Morgan fingerprint density at radius 2 is 1.23 bits per heavy atom. The maximum atomic E-state index is 6.60. The van der Waals surface area contributed by atoms with Gasteiger partial charge < -0.3 is 9.30 Å². The number of nitrogens with zero attached hydrogens (tertiary/aromatic N) is 3. The van der Waals surface area contributed by atoms with Crippen LogP contribution < -0.4 is 4.74 Å². The van der Waals surface area contributed by atoms with E-state index in [2.05, 4.69) is 155 Å². The van der Waals surface area contributed by atoms with Gasteiger partial charge in [-0.1, -0.05) is 48.0 Å². The lowest BCUT2D eigenvalue weighted by Crippen LogP contribution is -2.01. The second kappa shape index (κ2) is 10.6. The van der Waals surface area contributed by atoms with Gasteiger partial charge in [0, 0.05) is 39.8 Å². The largest absolute Gasteiger partial charge is 0.457 e. The molecule has 0 spiro atoms. The van der Waals surface area contributed by atoms with Crippen LogP contribution in [0, 0.1) is 48.5 Å². The van der Waals surface area contributed by atoms with Crippen molar-refractivity contribution in [3.63, 3.8) is 0 Å². The Kier molecular flexibility index (Phi) is 6.66. The van der Waals surface area contributed by atoms with Crippen LogP contribution >= 0.6 is 0 Å². The van der Waals surface area contributed by atoms with E-state index in [0.717, 1.165) is 45.3 Å². The van der Waals surface area contributed by atoms with Crippen molar-refractivity contribution >= 4 is 21.8 Å². The summed E-state index contributed by atoms with van der Waals surface area (Å²) in [5.74, 6) is 1.58. The van der Waals surface area contributed by atoms with E-state index in [0.29, 0.717) is 0 Å². The monoisotopic (exact) mass is 575 g/mol. The van der Waals surface area contributed by atoms with Gasteiger partial charge in [-0.3, -0.25) is 0 Å². The molecule has 4 nitrogen and oxygen atoms in total. The van der Waals surface area contributed by atoms with Gasteiger partial charge in [0.1, 0.15) is 11.5 Å². The molecule has 0 atom stereocenters. The van der Waals surface area contributed by atoms with Gasteiger partial charge >= 0.3 is 0 Å². The van der Waals surface area contributed by atoms with E-state index in [1.807, 2.05) is 0 Å². The zero-order chi connectivity index (χ0) is 30.7. The number of hydrogen-bond acceptors (Lipinski definition) is 2. The van der Waals surface area contributed by atoms with Gasteiger partial charge in [0.05, 0.1) is 22.4 Å². The molecule has 0 aliphatic heterocycles. The van der Waals surface area contributed by atoms with Crippen LogP contribution in [0.1, 0.15) is 39.2 Å². The summed E-state index contributed by atoms with van der Waals surface area (Å²) in [5.41, 5.74) is 15.2. The minimum absolute atomic E-state index is 0.786. The second-order valence-electron chi connectivity index (χ2n) is 12.2. The first-order chi connectivity index (χ1) is 21.2. The highest BCUT2D eigenvalue weighted by atomic mass is 16.5. The second-order valence-corrected chi connectivity index (χ2v) is 12.2. The number of hydrogen-bond donors (Lipinski definition) is 0. The van der Waals surface area contributed by atoms with Gasteiger partial charge in [-0.15, -0.1) is 0 Å². The molecule has 0 saturated heterocycles. The number of ether oxygens (including phenoxy) is 1. The van der Waals surface area contributed by atoms with Crippen LogP contribution in [0.2, 0.25) is 0 Å². The van der Waals surface area contributed by atoms with Gasteiger partial charge in [0.25, 0.3) is 0 Å². The number of aromatic nitrogens is 3. The minimum Gasteiger partial charge on any atom is -0.457 e. The van der Waals surface area contributed by atoms with Crippen molar-refractivity contribution in [1.29, 1.82) is 0 Å². The third-order valence-corrected chi connectivity index (χ3v) is 8.64. The Morgan fingerprint density at radius 1 is 0.523 bits per heavy atom. The molecule has 44 heavy (non-hydrogen) atoms. The summed E-state index contributed by atoms with van der Waals surface area (Å²) >= 11 is 0. The molecule has 7 aromatic rings. The summed E-state index contributed by atoms with van der Waals surface area (Å²) < 4.78 is 11.0. The van der Waals surface area contributed by atoms with Crippen molar-refractivity contribution in [2.24, 2.45) is 0 Å². The fourth-order valence-electron chi connectivity index (χ4n) is 6.94. The molecule has 5 aromatic carbocycles. The molecule has 0 unspecified atom stereocenters. The molecule has 0 saturated carbocycles. The highest BCUT2D eigenvalue weighted by Gasteiger charge is 2.19. The van der Waals surface area contributed by atoms with Crippen LogP contribution in [0.4, 0.5) is 0 Å². The minimum atomic E-state index is 0.786. The van der Waals surface area contributed by atoms with Crippen LogP contribution in [0.5, 0.6) is 11.5 Å². The molecule has 0 aliphatic carbocycles. The Balaban J connectivity index is 1.31. The smallest absolute Gasteiger partial charge is 0.129 e. The van der Waals surface area contributed by atoms with Gasteiger partial charge in [0.2, 0.25) is 0 Å². The zero-order valence-corrected chi connectivity index (χ0v) is 26.5. The maximum Gasteiger partial charge on any atom is 0.129 e. The summed E-state index contributed by atoms with van der Waals surface area (Å²) in [6, 6.07) is 34.5. The van der Waals surface area contributed by atoms with Gasteiger partial charge in [-0.2, -0.15) is 5.10 Å². The fraction of sp³-hybridized carbons (Fsp3) is 0.175. The Morgan fingerprint density at radius 3 is 2.00 bits per heavy atom. The van der Waals surface area contributed by atoms with Crippen molar-refractivity contribution in [2.45, 2.75) is 48.5 Å². The van der Waals surface area contributed by atoms with Crippen LogP contribution in [-0.2, 0) is 0 Å². The normalized spacial score (nSPS) is 11.5. The maximum absolute atomic E-state index is 6.60. The van der Waals surface area contributed by atoms with E-state index in [4.69, 9.17) is 9.84 Å². The van der Waals surface area contributed by atoms with Crippen LogP contribution in [0.15, 0.2) is 97.1 Å². The Labute approximate surface area is 259 Å². The lowest BCUT2D eigenvalue weighted by Gasteiger charge is -2.14. The molecule has 0 aliphatic rings. The third kappa shape index (κ3) is 4.67. The summed E-state index contributed by atoms with van der Waals surface area (Å²) in [4.78, 5) is 0. The first-order valence-corrected chi connectivity index (χ1v) is 15.2. The Hall–Kier alpha value is -5.09. The number of benzene rings is 5. The molecule has 0 radical (unpaired) electrons. The van der Waals surface area contributed by atoms with Crippen molar-refractivity contribution in [1.82, 2.24) is 14.3 Å². The summed E-state index contributed by atoms with van der Waals surface area (Å²) in [7, 11) is 0. The van der Waals surface area contributed by atoms with Gasteiger partial charge in [-0.25, -0.2) is 4.68 Å². The van der Waals surface area contributed by atoms with E-state index >= 15 is 0 Å². The first-order valence-electron chi connectivity index (χ1n) is 15.2. The summed E-state index contributed by atoms with van der Waals surface area (Å²) in [6.07, 6.45) is 0. The molecule has 0 amide bonds. The Bertz CT molecular complexity index is 2210. The average Bonchev–Trinajstić information content (AvgIpc) is 3.45. The van der Waals surface area contributed by atoms with E-state index in [9.17, 15) is 0 Å². The molecule has 7 rings (SSSR count). The number of para-hydroxylation sites is 1. The number of fused-ring (bicyclic) bond motifs is 3. The molecule has 0 N–H and O–H groups in total. The first kappa shape index (κ1) is 27.7. The molecule has 218 valence electrons. The lowest BCUT2D eigenvalue weighted by molar-refractivity contribution is 0.482. The van der Waals surface area contributed by atoms with Crippen LogP contribution in [0.3, 0.4) is 0 Å². The molecule has 2 aromatic heterocycles. The highest BCUT2D eigenvalue weighted by Crippen LogP contribution is 2.37. The number of aryl methyl sites for hydroxylation is 6. The standard InChI is InChI=1S/C40H37N3O/c1-24-11-10-12-31(19-24)42-37-14-9-8-13-35(37)36-16-15-33(23-38(36)42)44-34-21-26(3)20-32(22-34)43-30(7)40(29(6)41-43)39-27(4)17-25(2)18-28(39)5/h8-23H,1-7H3. The molecular weight excluding hydrogens is 538 g/mol. The summed E-state index contributed by atoms with van der Waals surface area (Å²) in [5, 5.41) is 7.46. The molecule has 2 heterocycles. The van der Waals surface area contributed by atoms with Crippen molar-refractivity contribution < 1.29 is 4.74 Å². The van der Waals surface area contributed by atoms with Crippen LogP contribution in [0.25, 0.3) is 44.3 Å². The highest BCUT2D eigenvalue weighted by molar-refractivity contribution is 6.09.